The smallest absolute Gasteiger partial charge is 0.271 e. The summed E-state index contributed by atoms with van der Waals surface area (Å²) in [5, 5.41) is 12.9. The molecule has 5 aromatic rings. The predicted molar refractivity (Wildman–Crippen MR) is 140 cm³/mol. The lowest BCUT2D eigenvalue weighted by atomic mass is 10.0. The second-order valence-corrected chi connectivity index (χ2v) is 10.3. The Labute approximate surface area is 205 Å². The maximum absolute atomic E-state index is 13.0. The van der Waals surface area contributed by atoms with Crippen molar-refractivity contribution in [1.82, 2.24) is 9.55 Å². The van der Waals surface area contributed by atoms with E-state index in [4.69, 9.17) is 0 Å². The van der Waals surface area contributed by atoms with Crippen molar-refractivity contribution in [3.05, 3.63) is 105 Å². The topological polar surface area (TPSA) is 124 Å². The van der Waals surface area contributed by atoms with Gasteiger partial charge in [-0.3, -0.25) is 29.2 Å². The average molecular weight is 501 g/mol. The molecular weight excluding hydrogens is 480 g/mol. The number of nitrogens with one attached hydrogen (secondary N) is 1. The number of nitro groups is 1. The maximum Gasteiger partial charge on any atom is 0.271 e. The molecule has 3 aromatic carbocycles. The Morgan fingerprint density at radius 1 is 0.944 bits per heavy atom. The number of sulfonamides is 1. The normalized spacial score (nSPS) is 11.6. The van der Waals surface area contributed by atoms with Gasteiger partial charge in [-0.15, -0.1) is 0 Å². The van der Waals surface area contributed by atoms with Gasteiger partial charge in [0.05, 0.1) is 27.9 Å². The van der Waals surface area contributed by atoms with Crippen LogP contribution in [0.5, 0.6) is 0 Å². The molecule has 10 heteroatoms. The van der Waals surface area contributed by atoms with E-state index in [-0.39, 0.29) is 11.2 Å². The first-order valence-corrected chi connectivity index (χ1v) is 12.8. The SMILES string of the molecule is Cc1cc(-n2c(=O)ccc3cnc4cc(-c5ccc(NS(C)(=O)=O)cc5)ccc4c32)cc([N+](=O)[O-])c1. The molecule has 1 N–H and O–H groups in total. The first-order valence-electron chi connectivity index (χ1n) is 10.9. The van der Waals surface area contributed by atoms with E-state index < -0.39 is 14.9 Å². The average Bonchev–Trinajstić information content (AvgIpc) is 2.82. The van der Waals surface area contributed by atoms with Gasteiger partial charge in [-0.25, -0.2) is 8.42 Å². The minimum absolute atomic E-state index is 0.0941. The third-order valence-corrected chi connectivity index (χ3v) is 6.36. The van der Waals surface area contributed by atoms with Crippen LogP contribution in [0.4, 0.5) is 11.4 Å². The van der Waals surface area contributed by atoms with Crippen molar-refractivity contribution in [2.24, 2.45) is 0 Å². The number of rotatable bonds is 5. The summed E-state index contributed by atoms with van der Waals surface area (Å²) in [6, 6.07) is 20.3. The maximum atomic E-state index is 13.0. The number of hydrogen-bond donors (Lipinski definition) is 1. The van der Waals surface area contributed by atoms with Crippen LogP contribution in [0.3, 0.4) is 0 Å². The minimum Gasteiger partial charge on any atom is -0.284 e. The molecule has 0 unspecified atom stereocenters. The van der Waals surface area contributed by atoms with Crippen LogP contribution in [0.25, 0.3) is 38.6 Å². The Bertz CT molecular complexity index is 1850. The lowest BCUT2D eigenvalue weighted by Gasteiger charge is -2.14. The second-order valence-electron chi connectivity index (χ2n) is 8.54. The van der Waals surface area contributed by atoms with Crippen LogP contribution in [0.1, 0.15) is 5.56 Å². The first kappa shape index (κ1) is 23.2. The van der Waals surface area contributed by atoms with E-state index in [1.54, 1.807) is 49.5 Å². The third-order valence-electron chi connectivity index (χ3n) is 5.76. The molecule has 2 heterocycles. The van der Waals surface area contributed by atoms with Crippen LogP contribution < -0.4 is 10.3 Å². The summed E-state index contributed by atoms with van der Waals surface area (Å²) in [5.41, 5.74) is 4.08. The van der Waals surface area contributed by atoms with Gasteiger partial charge in [0.15, 0.2) is 0 Å². The number of fused-ring (bicyclic) bond motifs is 3. The summed E-state index contributed by atoms with van der Waals surface area (Å²) >= 11 is 0. The van der Waals surface area contributed by atoms with Crippen LogP contribution in [-0.2, 0) is 10.0 Å². The van der Waals surface area contributed by atoms with Gasteiger partial charge >= 0.3 is 0 Å². The molecular formula is C26H20N4O5S. The molecule has 0 bridgehead atoms. The van der Waals surface area contributed by atoms with Crippen molar-refractivity contribution in [2.75, 3.05) is 11.0 Å². The number of nitrogens with zero attached hydrogens (tertiary/aromatic N) is 3. The molecule has 0 spiro atoms. The molecule has 0 fully saturated rings. The highest BCUT2D eigenvalue weighted by Crippen LogP contribution is 2.30. The highest BCUT2D eigenvalue weighted by Gasteiger charge is 2.15. The Balaban J connectivity index is 1.68. The molecule has 0 radical (unpaired) electrons. The molecule has 9 nitrogen and oxygen atoms in total. The Morgan fingerprint density at radius 3 is 2.36 bits per heavy atom. The van der Waals surface area contributed by atoms with Crippen molar-refractivity contribution >= 4 is 43.2 Å². The van der Waals surface area contributed by atoms with Gasteiger partial charge in [0.25, 0.3) is 11.2 Å². The summed E-state index contributed by atoms with van der Waals surface area (Å²) in [6.45, 7) is 1.75. The number of aryl methyl sites for hydroxylation is 1. The van der Waals surface area contributed by atoms with E-state index in [0.717, 1.165) is 22.8 Å². The lowest BCUT2D eigenvalue weighted by molar-refractivity contribution is -0.384. The van der Waals surface area contributed by atoms with Crippen LogP contribution in [0, 0.1) is 17.0 Å². The molecule has 0 aliphatic carbocycles. The Morgan fingerprint density at radius 2 is 1.67 bits per heavy atom. The van der Waals surface area contributed by atoms with Gasteiger partial charge in [0, 0.05) is 40.9 Å². The van der Waals surface area contributed by atoms with Gasteiger partial charge in [-0.2, -0.15) is 0 Å². The third kappa shape index (κ3) is 4.41. The lowest BCUT2D eigenvalue weighted by Crippen LogP contribution is -2.18. The van der Waals surface area contributed by atoms with Gasteiger partial charge in [-0.1, -0.05) is 24.3 Å². The zero-order valence-electron chi connectivity index (χ0n) is 19.3. The quantitative estimate of drug-likeness (QED) is 0.210. The zero-order chi connectivity index (χ0) is 25.6. The summed E-state index contributed by atoms with van der Waals surface area (Å²) < 4.78 is 26.8. The fraction of sp³-hybridized carbons (Fsp3) is 0.0769. The first-order chi connectivity index (χ1) is 17.1. The number of anilines is 1. The molecule has 0 aliphatic rings. The van der Waals surface area contributed by atoms with Crippen LogP contribution in [-0.4, -0.2) is 29.1 Å². The van der Waals surface area contributed by atoms with E-state index in [1.165, 1.54) is 22.8 Å². The number of nitro benzene ring substituents is 1. The highest BCUT2D eigenvalue weighted by molar-refractivity contribution is 7.92. The summed E-state index contributed by atoms with van der Waals surface area (Å²) in [7, 11) is -3.37. The summed E-state index contributed by atoms with van der Waals surface area (Å²) in [6.07, 6.45) is 2.76. The minimum atomic E-state index is -3.37. The Kier molecular flexibility index (Phi) is 5.52. The fourth-order valence-corrected chi connectivity index (χ4v) is 4.83. The number of aromatic nitrogens is 2. The van der Waals surface area contributed by atoms with Crippen molar-refractivity contribution in [2.45, 2.75) is 6.92 Å². The van der Waals surface area contributed by atoms with Crippen LogP contribution >= 0.6 is 0 Å². The molecule has 5 rings (SSSR count). The van der Waals surface area contributed by atoms with E-state index in [9.17, 15) is 23.3 Å². The highest BCUT2D eigenvalue weighted by atomic mass is 32.2. The van der Waals surface area contributed by atoms with Crippen molar-refractivity contribution < 1.29 is 13.3 Å². The predicted octanol–water partition coefficient (Wildman–Crippen LogP) is 4.79. The van der Waals surface area contributed by atoms with E-state index in [2.05, 4.69) is 9.71 Å². The number of hydrogen-bond acceptors (Lipinski definition) is 6. The molecule has 0 saturated heterocycles. The van der Waals surface area contributed by atoms with Crippen molar-refractivity contribution in [3.63, 3.8) is 0 Å². The molecule has 0 saturated carbocycles. The molecule has 0 aliphatic heterocycles. The van der Waals surface area contributed by atoms with Crippen LogP contribution in [0.2, 0.25) is 0 Å². The zero-order valence-corrected chi connectivity index (χ0v) is 20.1. The molecule has 180 valence electrons. The van der Waals surface area contributed by atoms with Gasteiger partial charge in [0.2, 0.25) is 10.0 Å². The second kappa shape index (κ2) is 8.58. The van der Waals surface area contributed by atoms with Crippen molar-refractivity contribution in [1.29, 1.82) is 0 Å². The molecule has 36 heavy (non-hydrogen) atoms. The Hall–Kier alpha value is -4.57. The standard InChI is InChI=1S/C26H20N4O5S/c1-16-11-21(14-22(12-16)30(32)33)29-25(31)10-6-19-15-27-24-13-18(5-9-23(24)26(19)29)17-3-7-20(8-4-17)28-36(2,34)35/h3-15,28H,1-2H3. The van der Waals surface area contributed by atoms with Gasteiger partial charge in [0.1, 0.15) is 0 Å². The summed E-state index contributed by atoms with van der Waals surface area (Å²) in [5.74, 6) is 0. The van der Waals surface area contributed by atoms with Crippen LogP contribution in [0.15, 0.2) is 83.8 Å². The molecule has 0 amide bonds. The van der Waals surface area contributed by atoms with Gasteiger partial charge < -0.3 is 0 Å². The van der Waals surface area contributed by atoms with Crippen molar-refractivity contribution in [3.8, 4) is 16.8 Å². The fourth-order valence-electron chi connectivity index (χ4n) is 4.27. The number of non-ortho nitro benzene ring substituents is 1. The largest absolute Gasteiger partial charge is 0.284 e. The van der Waals surface area contributed by atoms with E-state index >= 15 is 0 Å². The monoisotopic (exact) mass is 500 g/mol. The molecule has 0 atom stereocenters. The number of pyridine rings is 2. The number of benzene rings is 3. The molecule has 2 aromatic heterocycles. The van der Waals surface area contributed by atoms with Gasteiger partial charge in [-0.05, 0) is 53.9 Å². The summed E-state index contributed by atoms with van der Waals surface area (Å²) in [4.78, 5) is 28.5. The van der Waals surface area contributed by atoms with E-state index in [0.29, 0.717) is 33.4 Å². The van der Waals surface area contributed by atoms with E-state index in [1.807, 2.05) is 18.2 Å².